The minimum absolute atomic E-state index is 0.0634. The monoisotopic (exact) mass is 278 g/mol. The smallest absolute Gasteiger partial charge is 0.251 e. The molecule has 1 aliphatic rings. The molecule has 0 radical (unpaired) electrons. The molecule has 0 saturated heterocycles. The molecule has 4 heteroatoms. The molecule has 82 valence electrons. The lowest BCUT2D eigenvalue weighted by atomic mass is 10.1. The average Bonchev–Trinajstić information content (AvgIpc) is 2.78. The van der Waals surface area contributed by atoms with Crippen molar-refractivity contribution in [2.75, 3.05) is 0 Å². The Kier molecular flexibility index (Phi) is 2.32. The van der Waals surface area contributed by atoms with Crippen LogP contribution in [0.2, 0.25) is 0 Å². The van der Waals surface area contributed by atoms with Crippen molar-refractivity contribution in [2.24, 2.45) is 0 Å². The summed E-state index contributed by atoms with van der Waals surface area (Å²) in [6.07, 6.45) is 4.81. The molecule has 2 aromatic heterocycles. The molecule has 16 heavy (non-hydrogen) atoms. The van der Waals surface area contributed by atoms with E-state index in [4.69, 9.17) is 0 Å². The van der Waals surface area contributed by atoms with Crippen molar-refractivity contribution < 1.29 is 0 Å². The van der Waals surface area contributed by atoms with Gasteiger partial charge in [0.25, 0.3) is 5.56 Å². The third-order valence-corrected chi connectivity index (χ3v) is 3.77. The van der Waals surface area contributed by atoms with Crippen LogP contribution in [0.25, 0.3) is 11.0 Å². The number of aromatic nitrogens is 2. The van der Waals surface area contributed by atoms with Crippen LogP contribution in [0.5, 0.6) is 0 Å². The van der Waals surface area contributed by atoms with Crippen molar-refractivity contribution in [1.29, 1.82) is 0 Å². The summed E-state index contributed by atoms with van der Waals surface area (Å²) in [5.41, 5.74) is 5.07. The second-order valence-corrected chi connectivity index (χ2v) is 4.70. The van der Waals surface area contributed by atoms with Gasteiger partial charge in [0, 0.05) is 17.1 Å². The Morgan fingerprint density at radius 2 is 2.19 bits per heavy atom. The summed E-state index contributed by atoms with van der Waals surface area (Å²) in [5, 5.41) is 0.759. The highest BCUT2D eigenvalue weighted by Gasteiger charge is 2.18. The van der Waals surface area contributed by atoms with E-state index in [1.807, 2.05) is 12.3 Å². The Bertz CT molecular complexity index is 618. The van der Waals surface area contributed by atoms with Crippen molar-refractivity contribution in [1.82, 2.24) is 9.97 Å². The summed E-state index contributed by atoms with van der Waals surface area (Å²) in [6.45, 7) is 0. The first-order valence-corrected chi connectivity index (χ1v) is 6.50. The predicted octanol–water partition coefficient (Wildman–Crippen LogP) is 2.31. The first kappa shape index (κ1) is 10.0. The molecule has 0 spiro atoms. The molecule has 0 aliphatic heterocycles. The van der Waals surface area contributed by atoms with Crippen LogP contribution in [0, 0.1) is 0 Å². The Morgan fingerprint density at radius 3 is 3.00 bits per heavy atom. The number of nitrogens with zero attached hydrogens (tertiary/aromatic N) is 1. The van der Waals surface area contributed by atoms with Crippen molar-refractivity contribution in [3.63, 3.8) is 0 Å². The number of fused-ring (bicyclic) bond motifs is 3. The highest BCUT2D eigenvalue weighted by Crippen LogP contribution is 2.25. The number of hydrogen-bond acceptors (Lipinski definition) is 2. The zero-order chi connectivity index (χ0) is 11.1. The maximum atomic E-state index is 11.8. The standard InChI is InChI=1S/C12H11BrN2O/c13-5-7-4-10-11(14-6-7)8-2-1-3-9(8)12(16)15-10/h4,6H,1-3,5H2,(H,15,16). The minimum Gasteiger partial charge on any atom is -0.320 e. The summed E-state index contributed by atoms with van der Waals surface area (Å²) in [6, 6.07) is 2.00. The fourth-order valence-electron chi connectivity index (χ4n) is 2.37. The van der Waals surface area contributed by atoms with E-state index < -0.39 is 0 Å². The molecule has 3 rings (SSSR count). The van der Waals surface area contributed by atoms with E-state index in [9.17, 15) is 4.79 Å². The van der Waals surface area contributed by atoms with Gasteiger partial charge >= 0.3 is 0 Å². The van der Waals surface area contributed by atoms with Gasteiger partial charge in [-0.05, 0) is 36.5 Å². The number of H-pyrrole nitrogens is 1. The first-order chi connectivity index (χ1) is 7.79. The van der Waals surface area contributed by atoms with E-state index in [1.165, 1.54) is 0 Å². The van der Waals surface area contributed by atoms with E-state index in [1.54, 1.807) is 0 Å². The van der Waals surface area contributed by atoms with Gasteiger partial charge in [-0.25, -0.2) is 0 Å². The second kappa shape index (κ2) is 3.70. The van der Waals surface area contributed by atoms with Gasteiger partial charge in [-0.3, -0.25) is 9.78 Å². The molecule has 2 heterocycles. The number of pyridine rings is 2. The number of aromatic amines is 1. The Labute approximate surface area is 101 Å². The summed E-state index contributed by atoms with van der Waals surface area (Å²) < 4.78 is 0. The molecule has 3 nitrogen and oxygen atoms in total. The molecule has 0 amide bonds. The number of halogens is 1. The van der Waals surface area contributed by atoms with Crippen molar-refractivity contribution in [3.05, 3.63) is 39.3 Å². The zero-order valence-corrected chi connectivity index (χ0v) is 10.3. The van der Waals surface area contributed by atoms with Gasteiger partial charge in [0.1, 0.15) is 0 Å². The summed E-state index contributed by atoms with van der Waals surface area (Å²) in [7, 11) is 0. The third kappa shape index (κ3) is 1.40. The van der Waals surface area contributed by atoms with Crippen LogP contribution in [-0.4, -0.2) is 9.97 Å². The van der Waals surface area contributed by atoms with Crippen molar-refractivity contribution in [3.8, 4) is 0 Å². The molecule has 2 aromatic rings. The third-order valence-electron chi connectivity index (χ3n) is 3.12. The molecular weight excluding hydrogens is 268 g/mol. The molecule has 0 unspecified atom stereocenters. The summed E-state index contributed by atoms with van der Waals surface area (Å²) in [4.78, 5) is 19.2. The van der Waals surface area contributed by atoms with Gasteiger partial charge in [0.2, 0.25) is 0 Å². The molecule has 0 atom stereocenters. The summed E-state index contributed by atoms with van der Waals surface area (Å²) >= 11 is 3.39. The van der Waals surface area contributed by atoms with Crippen LogP contribution >= 0.6 is 15.9 Å². The maximum absolute atomic E-state index is 11.8. The van der Waals surface area contributed by atoms with E-state index >= 15 is 0 Å². The lowest BCUT2D eigenvalue weighted by Crippen LogP contribution is -2.13. The highest BCUT2D eigenvalue weighted by atomic mass is 79.9. The minimum atomic E-state index is 0.0634. The number of hydrogen-bond donors (Lipinski definition) is 1. The van der Waals surface area contributed by atoms with E-state index in [0.29, 0.717) is 0 Å². The highest BCUT2D eigenvalue weighted by molar-refractivity contribution is 9.08. The lowest BCUT2D eigenvalue weighted by molar-refractivity contribution is 0.908. The predicted molar refractivity (Wildman–Crippen MR) is 67.0 cm³/mol. The van der Waals surface area contributed by atoms with E-state index in [-0.39, 0.29) is 5.56 Å². The van der Waals surface area contributed by atoms with Crippen molar-refractivity contribution >= 4 is 27.0 Å². The molecule has 1 aliphatic carbocycles. The fraction of sp³-hybridized carbons (Fsp3) is 0.333. The normalized spacial score (nSPS) is 14.3. The average molecular weight is 279 g/mol. The summed E-state index contributed by atoms with van der Waals surface area (Å²) in [5.74, 6) is 0. The lowest BCUT2D eigenvalue weighted by Gasteiger charge is -2.05. The van der Waals surface area contributed by atoms with Crippen LogP contribution in [0.3, 0.4) is 0 Å². The van der Waals surface area contributed by atoms with Gasteiger partial charge < -0.3 is 4.98 Å². The van der Waals surface area contributed by atoms with Crippen LogP contribution in [-0.2, 0) is 18.2 Å². The van der Waals surface area contributed by atoms with E-state index in [0.717, 1.165) is 52.3 Å². The second-order valence-electron chi connectivity index (χ2n) is 4.14. The first-order valence-electron chi connectivity index (χ1n) is 5.38. The Balaban J connectivity index is 2.38. The Morgan fingerprint density at radius 1 is 1.38 bits per heavy atom. The number of rotatable bonds is 1. The molecular formula is C12H11BrN2O. The molecule has 0 saturated carbocycles. The number of nitrogens with one attached hydrogen (secondary N) is 1. The molecule has 0 aromatic carbocycles. The van der Waals surface area contributed by atoms with Gasteiger partial charge in [-0.1, -0.05) is 15.9 Å². The number of aryl methyl sites for hydroxylation is 1. The quantitative estimate of drug-likeness (QED) is 0.814. The Hall–Kier alpha value is -1.16. The van der Waals surface area contributed by atoms with Crippen LogP contribution in [0.1, 0.15) is 23.1 Å². The van der Waals surface area contributed by atoms with Gasteiger partial charge in [0.05, 0.1) is 11.0 Å². The zero-order valence-electron chi connectivity index (χ0n) is 8.72. The van der Waals surface area contributed by atoms with E-state index in [2.05, 4.69) is 25.9 Å². The van der Waals surface area contributed by atoms with Crippen LogP contribution < -0.4 is 5.56 Å². The van der Waals surface area contributed by atoms with Gasteiger partial charge in [0.15, 0.2) is 0 Å². The van der Waals surface area contributed by atoms with Gasteiger partial charge in [-0.15, -0.1) is 0 Å². The SMILES string of the molecule is O=c1[nH]c2cc(CBr)cnc2c2c1CCC2. The number of alkyl halides is 1. The van der Waals surface area contributed by atoms with Gasteiger partial charge in [-0.2, -0.15) is 0 Å². The largest absolute Gasteiger partial charge is 0.320 e. The molecule has 0 bridgehead atoms. The van der Waals surface area contributed by atoms with Crippen LogP contribution in [0.15, 0.2) is 17.1 Å². The fourth-order valence-corrected chi connectivity index (χ4v) is 2.68. The molecule has 0 fully saturated rings. The topological polar surface area (TPSA) is 45.8 Å². The molecule has 1 N–H and O–H groups in total. The van der Waals surface area contributed by atoms with Crippen molar-refractivity contribution in [2.45, 2.75) is 24.6 Å². The maximum Gasteiger partial charge on any atom is 0.251 e. The van der Waals surface area contributed by atoms with Crippen LogP contribution in [0.4, 0.5) is 0 Å².